The van der Waals surface area contributed by atoms with Crippen LogP contribution in [0.5, 0.6) is 0 Å². The monoisotopic (exact) mass is 230 g/mol. The van der Waals surface area contributed by atoms with Crippen LogP contribution >= 0.6 is 23.6 Å². The molecule has 5 heteroatoms. The van der Waals surface area contributed by atoms with Crippen LogP contribution < -0.4 is 5.73 Å². The second kappa shape index (κ2) is 4.82. The molecule has 0 radical (unpaired) electrons. The van der Waals surface area contributed by atoms with Crippen molar-refractivity contribution in [3.05, 3.63) is 15.6 Å². The Bertz CT molecular complexity index is 334. The first-order valence-electron chi connectivity index (χ1n) is 4.34. The molecule has 1 aromatic heterocycles. The molecule has 0 amide bonds. The molecular weight excluding hydrogens is 216 g/mol. The van der Waals surface area contributed by atoms with Crippen molar-refractivity contribution >= 4 is 28.5 Å². The molecule has 0 unspecified atom stereocenters. The summed E-state index contributed by atoms with van der Waals surface area (Å²) >= 11 is 6.49. The highest BCUT2D eigenvalue weighted by molar-refractivity contribution is 7.81. The molecule has 1 heterocycles. The highest BCUT2D eigenvalue weighted by Gasteiger charge is 2.15. The Labute approximate surface area is 93.3 Å². The minimum Gasteiger partial charge on any atom is -0.389 e. The maximum absolute atomic E-state index is 5.62. The van der Waals surface area contributed by atoms with E-state index in [9.17, 15) is 0 Å². The number of ether oxygens (including phenoxy) is 1. The molecule has 0 spiro atoms. The van der Waals surface area contributed by atoms with Gasteiger partial charge in [0.05, 0.1) is 17.2 Å². The first-order valence-corrected chi connectivity index (χ1v) is 5.57. The molecular formula is C9H14N2OS2. The molecule has 0 aliphatic rings. The summed E-state index contributed by atoms with van der Waals surface area (Å²) in [5.41, 5.74) is 6.60. The van der Waals surface area contributed by atoms with E-state index in [4.69, 9.17) is 22.7 Å². The molecule has 0 aliphatic carbocycles. The average Bonchev–Trinajstić information content (AvgIpc) is 2.49. The third-order valence-electron chi connectivity index (χ3n) is 1.74. The summed E-state index contributed by atoms with van der Waals surface area (Å²) in [5, 5.41) is 0.930. The summed E-state index contributed by atoms with van der Waals surface area (Å²) in [7, 11) is 1.65. The van der Waals surface area contributed by atoms with E-state index in [1.54, 1.807) is 7.11 Å². The maximum Gasteiger partial charge on any atom is 0.119 e. The molecule has 0 bridgehead atoms. The van der Waals surface area contributed by atoms with E-state index in [0.29, 0.717) is 17.5 Å². The Morgan fingerprint density at radius 3 is 2.64 bits per heavy atom. The Morgan fingerprint density at radius 1 is 1.64 bits per heavy atom. The van der Waals surface area contributed by atoms with Gasteiger partial charge in [-0.05, 0) is 5.92 Å². The molecule has 0 atom stereocenters. The maximum atomic E-state index is 5.62. The van der Waals surface area contributed by atoms with Gasteiger partial charge in [-0.25, -0.2) is 4.98 Å². The van der Waals surface area contributed by atoms with Crippen molar-refractivity contribution in [1.29, 1.82) is 0 Å². The van der Waals surface area contributed by atoms with Crippen molar-refractivity contribution in [1.82, 2.24) is 4.98 Å². The molecule has 3 nitrogen and oxygen atoms in total. The summed E-state index contributed by atoms with van der Waals surface area (Å²) in [6.45, 7) is 4.67. The van der Waals surface area contributed by atoms with E-state index in [2.05, 4.69) is 18.8 Å². The number of methoxy groups -OCH3 is 1. The lowest BCUT2D eigenvalue weighted by Crippen LogP contribution is -2.10. The summed E-state index contributed by atoms with van der Waals surface area (Å²) in [5.74, 6) is 0.341. The fourth-order valence-electron chi connectivity index (χ4n) is 1.13. The Balaban J connectivity index is 3.06. The number of nitrogens with zero attached hydrogens (tertiary/aromatic N) is 1. The van der Waals surface area contributed by atoms with Crippen molar-refractivity contribution < 1.29 is 4.74 Å². The van der Waals surface area contributed by atoms with Gasteiger partial charge in [0.25, 0.3) is 0 Å². The van der Waals surface area contributed by atoms with Crippen molar-refractivity contribution in [3.8, 4) is 0 Å². The number of aromatic nitrogens is 1. The highest BCUT2D eigenvalue weighted by atomic mass is 32.1. The third kappa shape index (κ3) is 2.50. The molecule has 78 valence electrons. The molecule has 0 aromatic carbocycles. The lowest BCUT2D eigenvalue weighted by atomic mass is 10.1. The molecule has 2 N–H and O–H groups in total. The van der Waals surface area contributed by atoms with Crippen molar-refractivity contribution in [2.24, 2.45) is 5.73 Å². The van der Waals surface area contributed by atoms with Gasteiger partial charge >= 0.3 is 0 Å². The zero-order valence-corrected chi connectivity index (χ0v) is 10.2. The van der Waals surface area contributed by atoms with Crippen molar-refractivity contribution in [3.63, 3.8) is 0 Å². The van der Waals surface area contributed by atoms with E-state index in [1.807, 2.05) is 0 Å². The molecule has 0 saturated carbocycles. The van der Waals surface area contributed by atoms with Gasteiger partial charge in [-0.3, -0.25) is 0 Å². The van der Waals surface area contributed by atoms with Crippen molar-refractivity contribution in [2.45, 2.75) is 26.4 Å². The summed E-state index contributed by atoms with van der Waals surface area (Å²) in [6, 6.07) is 0. The topological polar surface area (TPSA) is 48.1 Å². The SMILES string of the molecule is COCc1nc(C(C)C)c(C(N)=S)s1. The van der Waals surface area contributed by atoms with E-state index < -0.39 is 0 Å². The predicted octanol–water partition coefficient (Wildman–Crippen LogP) is 2.05. The van der Waals surface area contributed by atoms with Crippen molar-refractivity contribution in [2.75, 3.05) is 7.11 Å². The molecule has 0 saturated heterocycles. The number of thiazole rings is 1. The van der Waals surface area contributed by atoms with Gasteiger partial charge < -0.3 is 10.5 Å². The van der Waals surface area contributed by atoms with Crippen LogP contribution in [-0.2, 0) is 11.3 Å². The second-order valence-corrected chi connectivity index (χ2v) is 4.80. The molecule has 0 aliphatic heterocycles. The van der Waals surface area contributed by atoms with Crippen LogP contribution in [0.25, 0.3) is 0 Å². The standard InChI is InChI=1S/C9H14N2OS2/c1-5(2)7-8(9(10)13)14-6(11-7)4-12-3/h5H,4H2,1-3H3,(H2,10,13). The van der Waals surface area contributed by atoms with E-state index in [1.165, 1.54) is 11.3 Å². The zero-order valence-electron chi connectivity index (χ0n) is 8.53. The lowest BCUT2D eigenvalue weighted by Gasteiger charge is -2.02. The van der Waals surface area contributed by atoms with Crippen LogP contribution in [0.2, 0.25) is 0 Å². The van der Waals surface area contributed by atoms with Gasteiger partial charge in [-0.2, -0.15) is 0 Å². The minimum atomic E-state index is 0.341. The Morgan fingerprint density at radius 2 is 2.29 bits per heavy atom. The fourth-order valence-corrected chi connectivity index (χ4v) is 2.40. The van der Waals surface area contributed by atoms with Crippen LogP contribution in [0.3, 0.4) is 0 Å². The van der Waals surface area contributed by atoms with E-state index in [-0.39, 0.29) is 0 Å². The van der Waals surface area contributed by atoms with Gasteiger partial charge in [0.15, 0.2) is 0 Å². The predicted molar refractivity (Wildman–Crippen MR) is 62.8 cm³/mol. The fraction of sp³-hybridized carbons (Fsp3) is 0.556. The van der Waals surface area contributed by atoms with E-state index in [0.717, 1.165) is 15.6 Å². The van der Waals surface area contributed by atoms with Crippen LogP contribution in [0.15, 0.2) is 0 Å². The number of nitrogens with two attached hydrogens (primary N) is 1. The van der Waals surface area contributed by atoms with Crippen LogP contribution in [-0.4, -0.2) is 17.1 Å². The van der Waals surface area contributed by atoms with Crippen LogP contribution in [0.4, 0.5) is 0 Å². The molecule has 1 aromatic rings. The van der Waals surface area contributed by atoms with Gasteiger partial charge in [0.1, 0.15) is 10.00 Å². The molecule has 14 heavy (non-hydrogen) atoms. The minimum absolute atomic E-state index is 0.341. The first-order chi connectivity index (χ1) is 6.56. The summed E-state index contributed by atoms with van der Waals surface area (Å²) < 4.78 is 5.02. The van der Waals surface area contributed by atoms with Crippen LogP contribution in [0, 0.1) is 0 Å². The number of thiocarbonyl (C=S) groups is 1. The van der Waals surface area contributed by atoms with Gasteiger partial charge in [0.2, 0.25) is 0 Å². The van der Waals surface area contributed by atoms with Crippen LogP contribution in [0.1, 0.15) is 35.3 Å². The van der Waals surface area contributed by atoms with Gasteiger partial charge in [0, 0.05) is 7.11 Å². The smallest absolute Gasteiger partial charge is 0.119 e. The lowest BCUT2D eigenvalue weighted by molar-refractivity contribution is 0.184. The quantitative estimate of drug-likeness (QED) is 0.804. The normalized spacial score (nSPS) is 10.9. The van der Waals surface area contributed by atoms with Gasteiger partial charge in [-0.15, -0.1) is 11.3 Å². The first kappa shape index (κ1) is 11.6. The zero-order chi connectivity index (χ0) is 10.7. The third-order valence-corrected chi connectivity index (χ3v) is 3.15. The van der Waals surface area contributed by atoms with E-state index >= 15 is 0 Å². The summed E-state index contributed by atoms with van der Waals surface area (Å²) in [4.78, 5) is 5.79. The van der Waals surface area contributed by atoms with Gasteiger partial charge in [-0.1, -0.05) is 26.1 Å². The number of rotatable bonds is 4. The number of hydrogen-bond acceptors (Lipinski definition) is 4. The Kier molecular flexibility index (Phi) is 3.97. The molecule has 0 fully saturated rings. The highest BCUT2D eigenvalue weighted by Crippen LogP contribution is 2.25. The largest absolute Gasteiger partial charge is 0.389 e. The average molecular weight is 230 g/mol. The number of hydrogen-bond donors (Lipinski definition) is 1. The second-order valence-electron chi connectivity index (χ2n) is 3.27. The summed E-state index contributed by atoms with van der Waals surface area (Å²) in [6.07, 6.45) is 0. The Hall–Kier alpha value is -0.520. The molecule has 1 rings (SSSR count).